The molecule has 0 saturated heterocycles. The predicted molar refractivity (Wildman–Crippen MR) is 80.8 cm³/mol. The van der Waals surface area contributed by atoms with Crippen molar-refractivity contribution in [3.05, 3.63) is 57.6 Å². The van der Waals surface area contributed by atoms with Crippen LogP contribution in [0.1, 0.15) is 29.7 Å². The Labute approximate surface area is 122 Å². The molecule has 0 aromatic heterocycles. The molecule has 2 aromatic rings. The summed E-state index contributed by atoms with van der Waals surface area (Å²) in [4.78, 5) is 0. The second kappa shape index (κ2) is 5.76. The standard InChI is InChI=1S/C16H17BrO2/c1-10-4-7-16(11(2)8-10)19-13-5-6-14(12(3)18)15(17)9-13/h4-9,12,18H,1-3H3. The lowest BCUT2D eigenvalue weighted by atomic mass is 10.1. The van der Waals surface area contributed by atoms with Crippen LogP contribution >= 0.6 is 15.9 Å². The van der Waals surface area contributed by atoms with Crippen LogP contribution < -0.4 is 4.74 Å². The van der Waals surface area contributed by atoms with Gasteiger partial charge in [-0.05, 0) is 50.1 Å². The van der Waals surface area contributed by atoms with Crippen molar-refractivity contribution >= 4 is 15.9 Å². The molecule has 100 valence electrons. The molecule has 2 aromatic carbocycles. The van der Waals surface area contributed by atoms with Crippen molar-refractivity contribution in [2.75, 3.05) is 0 Å². The van der Waals surface area contributed by atoms with Crippen LogP contribution in [-0.4, -0.2) is 5.11 Å². The lowest BCUT2D eigenvalue weighted by Crippen LogP contribution is -1.94. The molecule has 1 atom stereocenters. The fourth-order valence-corrected chi connectivity index (χ4v) is 2.64. The minimum atomic E-state index is -0.496. The number of rotatable bonds is 3. The smallest absolute Gasteiger partial charge is 0.130 e. The van der Waals surface area contributed by atoms with E-state index in [1.807, 2.05) is 37.3 Å². The van der Waals surface area contributed by atoms with Gasteiger partial charge in [0, 0.05) is 4.47 Å². The first-order valence-corrected chi connectivity index (χ1v) is 6.99. The van der Waals surface area contributed by atoms with Crippen LogP contribution in [0.3, 0.4) is 0 Å². The largest absolute Gasteiger partial charge is 0.457 e. The van der Waals surface area contributed by atoms with Gasteiger partial charge in [-0.25, -0.2) is 0 Å². The number of hydrogen-bond acceptors (Lipinski definition) is 2. The zero-order valence-electron chi connectivity index (χ0n) is 11.3. The molecule has 1 unspecified atom stereocenters. The van der Waals surface area contributed by atoms with Crippen molar-refractivity contribution < 1.29 is 9.84 Å². The zero-order valence-corrected chi connectivity index (χ0v) is 12.9. The summed E-state index contributed by atoms with van der Waals surface area (Å²) in [5.41, 5.74) is 3.18. The van der Waals surface area contributed by atoms with Crippen LogP contribution in [0.25, 0.3) is 0 Å². The van der Waals surface area contributed by atoms with Crippen LogP contribution in [0.2, 0.25) is 0 Å². The highest BCUT2D eigenvalue weighted by atomic mass is 79.9. The van der Waals surface area contributed by atoms with E-state index in [9.17, 15) is 5.11 Å². The highest BCUT2D eigenvalue weighted by molar-refractivity contribution is 9.10. The summed E-state index contributed by atoms with van der Waals surface area (Å²) in [6, 6.07) is 11.7. The third-order valence-electron chi connectivity index (χ3n) is 2.98. The average molecular weight is 321 g/mol. The van der Waals surface area contributed by atoms with E-state index in [0.29, 0.717) is 0 Å². The monoisotopic (exact) mass is 320 g/mol. The molecular weight excluding hydrogens is 304 g/mol. The minimum Gasteiger partial charge on any atom is -0.457 e. The van der Waals surface area contributed by atoms with E-state index >= 15 is 0 Å². The van der Waals surface area contributed by atoms with Crippen LogP contribution in [0, 0.1) is 13.8 Å². The Morgan fingerprint density at radius 1 is 1.11 bits per heavy atom. The highest BCUT2D eigenvalue weighted by Crippen LogP contribution is 2.31. The quantitative estimate of drug-likeness (QED) is 0.870. The van der Waals surface area contributed by atoms with Crippen LogP contribution in [-0.2, 0) is 0 Å². The summed E-state index contributed by atoms with van der Waals surface area (Å²) in [7, 11) is 0. The summed E-state index contributed by atoms with van der Waals surface area (Å²) < 4.78 is 6.72. The van der Waals surface area contributed by atoms with Crippen LogP contribution in [0.15, 0.2) is 40.9 Å². The van der Waals surface area contributed by atoms with E-state index in [1.165, 1.54) is 5.56 Å². The van der Waals surface area contributed by atoms with Crippen molar-refractivity contribution in [3.63, 3.8) is 0 Å². The van der Waals surface area contributed by atoms with Crippen molar-refractivity contribution in [2.24, 2.45) is 0 Å². The van der Waals surface area contributed by atoms with E-state index < -0.39 is 6.10 Å². The number of aryl methyl sites for hydroxylation is 2. The van der Waals surface area contributed by atoms with E-state index in [1.54, 1.807) is 6.92 Å². The summed E-state index contributed by atoms with van der Waals surface area (Å²) in [6.07, 6.45) is -0.496. The van der Waals surface area contributed by atoms with Gasteiger partial charge in [0.1, 0.15) is 11.5 Å². The molecule has 0 aliphatic rings. The molecule has 0 aliphatic heterocycles. The molecule has 0 bridgehead atoms. The van der Waals surface area contributed by atoms with Crippen molar-refractivity contribution in [3.8, 4) is 11.5 Å². The maximum absolute atomic E-state index is 9.59. The van der Waals surface area contributed by atoms with E-state index in [4.69, 9.17) is 4.74 Å². The number of benzene rings is 2. The van der Waals surface area contributed by atoms with Crippen LogP contribution in [0.5, 0.6) is 11.5 Å². The van der Waals surface area contributed by atoms with Gasteiger partial charge < -0.3 is 9.84 Å². The topological polar surface area (TPSA) is 29.5 Å². The first-order valence-electron chi connectivity index (χ1n) is 6.20. The first kappa shape index (κ1) is 14.1. The zero-order chi connectivity index (χ0) is 14.0. The highest BCUT2D eigenvalue weighted by Gasteiger charge is 2.08. The molecule has 0 aliphatic carbocycles. The molecule has 2 rings (SSSR count). The van der Waals surface area contributed by atoms with Gasteiger partial charge in [0.15, 0.2) is 0 Å². The van der Waals surface area contributed by atoms with Gasteiger partial charge in [0.2, 0.25) is 0 Å². The SMILES string of the molecule is Cc1ccc(Oc2ccc(C(C)O)c(Br)c2)c(C)c1. The molecule has 0 amide bonds. The summed E-state index contributed by atoms with van der Waals surface area (Å²) in [5.74, 6) is 1.60. The predicted octanol–water partition coefficient (Wildman–Crippen LogP) is 4.91. The Hall–Kier alpha value is -1.32. The molecule has 0 radical (unpaired) electrons. The Kier molecular flexibility index (Phi) is 4.27. The van der Waals surface area contributed by atoms with E-state index in [2.05, 4.69) is 28.9 Å². The van der Waals surface area contributed by atoms with Crippen molar-refractivity contribution in [2.45, 2.75) is 26.9 Å². The molecule has 0 saturated carbocycles. The average Bonchev–Trinajstić information content (AvgIpc) is 2.32. The first-order chi connectivity index (χ1) is 8.97. The van der Waals surface area contributed by atoms with E-state index in [0.717, 1.165) is 27.1 Å². The second-order valence-electron chi connectivity index (χ2n) is 4.73. The van der Waals surface area contributed by atoms with Gasteiger partial charge in [-0.2, -0.15) is 0 Å². The van der Waals surface area contributed by atoms with Gasteiger partial charge in [-0.15, -0.1) is 0 Å². The number of aliphatic hydroxyl groups excluding tert-OH is 1. The fraction of sp³-hybridized carbons (Fsp3) is 0.250. The molecule has 0 spiro atoms. The second-order valence-corrected chi connectivity index (χ2v) is 5.58. The summed E-state index contributed by atoms with van der Waals surface area (Å²) >= 11 is 3.45. The lowest BCUT2D eigenvalue weighted by molar-refractivity contribution is 0.198. The normalized spacial score (nSPS) is 12.3. The molecule has 0 heterocycles. The van der Waals surface area contributed by atoms with Gasteiger partial charge >= 0.3 is 0 Å². The maximum atomic E-state index is 9.59. The lowest BCUT2D eigenvalue weighted by Gasteiger charge is -2.12. The molecular formula is C16H17BrO2. The number of hydrogen-bond donors (Lipinski definition) is 1. The maximum Gasteiger partial charge on any atom is 0.130 e. The Morgan fingerprint density at radius 3 is 2.42 bits per heavy atom. The Morgan fingerprint density at radius 2 is 1.84 bits per heavy atom. The van der Waals surface area contributed by atoms with Crippen molar-refractivity contribution in [1.29, 1.82) is 0 Å². The third kappa shape index (κ3) is 3.37. The van der Waals surface area contributed by atoms with Crippen LogP contribution in [0.4, 0.5) is 0 Å². The third-order valence-corrected chi connectivity index (χ3v) is 3.67. The minimum absolute atomic E-state index is 0.496. The van der Waals surface area contributed by atoms with Crippen molar-refractivity contribution in [1.82, 2.24) is 0 Å². The number of ether oxygens (including phenoxy) is 1. The van der Waals surface area contributed by atoms with E-state index in [-0.39, 0.29) is 0 Å². The van der Waals surface area contributed by atoms with Gasteiger partial charge in [0.25, 0.3) is 0 Å². The van der Waals surface area contributed by atoms with Gasteiger partial charge in [-0.1, -0.05) is 39.7 Å². The molecule has 2 nitrogen and oxygen atoms in total. The molecule has 1 N–H and O–H groups in total. The molecule has 3 heteroatoms. The summed E-state index contributed by atoms with van der Waals surface area (Å²) in [6.45, 7) is 5.83. The molecule has 0 fully saturated rings. The Bertz CT molecular complexity index is 591. The molecule has 19 heavy (non-hydrogen) atoms. The number of halogens is 1. The fourth-order valence-electron chi connectivity index (χ4n) is 1.95. The van der Waals surface area contributed by atoms with Gasteiger partial charge in [-0.3, -0.25) is 0 Å². The summed E-state index contributed by atoms with van der Waals surface area (Å²) in [5, 5.41) is 9.59. The Balaban J connectivity index is 2.26. The number of aliphatic hydroxyl groups is 1. The van der Waals surface area contributed by atoms with Gasteiger partial charge in [0.05, 0.1) is 6.10 Å².